The standard InChI is InChI=1S/C33H32ClN3O3/c1-22-19-26(34)11-12-27(22)25-10-15-31-36-33(24-7-5-4-6-8-24)28(37(31)21-25)13-16-32(38)35-18-17-23-9-14-29(39-2)30(20-23)40-3/h4-12,14-15,19-21H,13,16-18H2,1-3H3,(H,35,38). The number of amides is 1. The van der Waals surface area contributed by atoms with E-state index in [1.807, 2.05) is 60.7 Å². The Morgan fingerprint density at radius 2 is 1.70 bits per heavy atom. The Labute approximate surface area is 239 Å². The van der Waals surface area contributed by atoms with Crippen LogP contribution in [-0.2, 0) is 17.6 Å². The van der Waals surface area contributed by atoms with Crippen LogP contribution in [0.25, 0.3) is 28.0 Å². The first kappa shape index (κ1) is 27.3. The number of rotatable bonds is 10. The molecule has 3 aromatic carbocycles. The Morgan fingerprint density at radius 3 is 2.45 bits per heavy atom. The number of pyridine rings is 1. The van der Waals surface area contributed by atoms with E-state index in [1.54, 1.807) is 14.2 Å². The van der Waals surface area contributed by atoms with E-state index < -0.39 is 0 Å². The van der Waals surface area contributed by atoms with Crippen molar-refractivity contribution in [3.63, 3.8) is 0 Å². The highest BCUT2D eigenvalue weighted by Crippen LogP contribution is 2.31. The number of halogens is 1. The largest absolute Gasteiger partial charge is 0.493 e. The molecular weight excluding hydrogens is 522 g/mol. The van der Waals surface area contributed by atoms with Crippen LogP contribution in [0.2, 0.25) is 5.02 Å². The third-order valence-corrected chi connectivity index (χ3v) is 7.27. The molecule has 2 aromatic heterocycles. The van der Waals surface area contributed by atoms with Crippen LogP contribution >= 0.6 is 11.6 Å². The molecule has 0 aliphatic rings. The lowest BCUT2D eigenvalue weighted by molar-refractivity contribution is -0.121. The minimum Gasteiger partial charge on any atom is -0.493 e. The maximum absolute atomic E-state index is 12.9. The quantitative estimate of drug-likeness (QED) is 0.203. The molecule has 0 spiro atoms. The van der Waals surface area contributed by atoms with Gasteiger partial charge in [0, 0.05) is 29.7 Å². The molecule has 1 N–H and O–H groups in total. The van der Waals surface area contributed by atoms with Crippen LogP contribution in [0.5, 0.6) is 11.5 Å². The molecule has 5 aromatic rings. The summed E-state index contributed by atoms with van der Waals surface area (Å²) in [7, 11) is 3.23. The zero-order valence-corrected chi connectivity index (χ0v) is 23.7. The molecule has 6 nitrogen and oxygen atoms in total. The van der Waals surface area contributed by atoms with Crippen molar-refractivity contribution >= 4 is 23.2 Å². The summed E-state index contributed by atoms with van der Waals surface area (Å²) in [4.78, 5) is 17.9. The van der Waals surface area contributed by atoms with Crippen molar-refractivity contribution in [3.8, 4) is 33.9 Å². The molecule has 0 bridgehead atoms. The highest BCUT2D eigenvalue weighted by atomic mass is 35.5. The van der Waals surface area contributed by atoms with Crippen LogP contribution in [0.1, 0.15) is 23.2 Å². The molecule has 7 heteroatoms. The van der Waals surface area contributed by atoms with E-state index in [-0.39, 0.29) is 5.91 Å². The summed E-state index contributed by atoms with van der Waals surface area (Å²) in [5, 5.41) is 3.78. The predicted molar refractivity (Wildman–Crippen MR) is 160 cm³/mol. The number of aromatic nitrogens is 2. The first-order chi connectivity index (χ1) is 19.5. The molecule has 2 heterocycles. The van der Waals surface area contributed by atoms with Crippen LogP contribution < -0.4 is 14.8 Å². The van der Waals surface area contributed by atoms with Gasteiger partial charge in [0.15, 0.2) is 11.5 Å². The molecule has 40 heavy (non-hydrogen) atoms. The van der Waals surface area contributed by atoms with Gasteiger partial charge in [-0.25, -0.2) is 4.98 Å². The van der Waals surface area contributed by atoms with Crippen molar-refractivity contribution in [1.82, 2.24) is 14.7 Å². The van der Waals surface area contributed by atoms with Crippen molar-refractivity contribution in [2.45, 2.75) is 26.2 Å². The Hall–Kier alpha value is -4.29. The average Bonchev–Trinajstić information content (AvgIpc) is 3.34. The van der Waals surface area contributed by atoms with Crippen molar-refractivity contribution in [1.29, 1.82) is 0 Å². The third-order valence-electron chi connectivity index (χ3n) is 7.04. The Bertz CT molecular complexity index is 1650. The van der Waals surface area contributed by atoms with Gasteiger partial charge < -0.3 is 19.2 Å². The predicted octanol–water partition coefficient (Wildman–Crippen LogP) is 6.94. The highest BCUT2D eigenvalue weighted by Gasteiger charge is 2.17. The molecule has 1 amide bonds. The third kappa shape index (κ3) is 5.97. The molecule has 5 rings (SSSR count). The zero-order chi connectivity index (χ0) is 28.1. The van der Waals surface area contributed by atoms with Gasteiger partial charge in [-0.15, -0.1) is 0 Å². The fourth-order valence-electron chi connectivity index (χ4n) is 4.97. The van der Waals surface area contributed by atoms with E-state index >= 15 is 0 Å². The molecule has 0 unspecified atom stereocenters. The second-order valence-electron chi connectivity index (χ2n) is 9.67. The van der Waals surface area contributed by atoms with Gasteiger partial charge in [0.2, 0.25) is 5.91 Å². The number of hydrogen-bond acceptors (Lipinski definition) is 4. The molecule has 0 aliphatic carbocycles. The first-order valence-electron chi connectivity index (χ1n) is 13.3. The fraction of sp³-hybridized carbons (Fsp3) is 0.212. The van der Waals surface area contributed by atoms with E-state index in [4.69, 9.17) is 26.1 Å². The van der Waals surface area contributed by atoms with Crippen LogP contribution in [0.4, 0.5) is 0 Å². The summed E-state index contributed by atoms with van der Waals surface area (Å²) in [5.41, 5.74) is 8.12. The lowest BCUT2D eigenvalue weighted by atomic mass is 10.0. The van der Waals surface area contributed by atoms with Crippen LogP contribution in [0.3, 0.4) is 0 Å². The Kier molecular flexibility index (Phi) is 8.37. The number of carbonyl (C=O) groups is 1. The second kappa shape index (κ2) is 12.3. The summed E-state index contributed by atoms with van der Waals surface area (Å²) in [6, 6.07) is 25.9. The van der Waals surface area contributed by atoms with E-state index in [1.165, 1.54) is 0 Å². The van der Waals surface area contributed by atoms with Crippen molar-refractivity contribution in [2.24, 2.45) is 0 Å². The Morgan fingerprint density at radius 1 is 0.900 bits per heavy atom. The van der Waals surface area contributed by atoms with Gasteiger partial charge in [-0.2, -0.15) is 0 Å². The van der Waals surface area contributed by atoms with E-state index in [2.05, 4.69) is 41.0 Å². The Balaban J connectivity index is 1.35. The van der Waals surface area contributed by atoms with E-state index in [0.29, 0.717) is 42.3 Å². The van der Waals surface area contributed by atoms with Gasteiger partial charge in [-0.1, -0.05) is 54.1 Å². The molecule has 0 fully saturated rings. The summed E-state index contributed by atoms with van der Waals surface area (Å²) in [6.07, 6.45) is 3.70. The second-order valence-corrected chi connectivity index (χ2v) is 10.1. The monoisotopic (exact) mass is 553 g/mol. The van der Waals surface area contributed by atoms with Crippen molar-refractivity contribution in [3.05, 3.63) is 107 Å². The van der Waals surface area contributed by atoms with Gasteiger partial charge >= 0.3 is 0 Å². The van der Waals surface area contributed by atoms with Crippen LogP contribution in [0, 0.1) is 6.92 Å². The highest BCUT2D eigenvalue weighted by molar-refractivity contribution is 6.30. The fourth-order valence-corrected chi connectivity index (χ4v) is 5.20. The molecule has 0 saturated carbocycles. The lowest BCUT2D eigenvalue weighted by Crippen LogP contribution is -2.26. The molecule has 0 atom stereocenters. The smallest absolute Gasteiger partial charge is 0.220 e. The van der Waals surface area contributed by atoms with Crippen LogP contribution in [-0.4, -0.2) is 36.1 Å². The van der Waals surface area contributed by atoms with E-state index in [0.717, 1.165) is 44.9 Å². The van der Waals surface area contributed by atoms with Gasteiger partial charge in [-0.3, -0.25) is 4.79 Å². The number of imidazole rings is 1. The number of ether oxygens (including phenoxy) is 2. The minimum absolute atomic E-state index is 0.000798. The van der Waals surface area contributed by atoms with Gasteiger partial charge in [0.25, 0.3) is 0 Å². The van der Waals surface area contributed by atoms with E-state index in [9.17, 15) is 4.79 Å². The zero-order valence-electron chi connectivity index (χ0n) is 22.9. The summed E-state index contributed by atoms with van der Waals surface area (Å²) in [5.74, 6) is 1.37. The van der Waals surface area contributed by atoms with Gasteiger partial charge in [0.1, 0.15) is 5.65 Å². The summed E-state index contributed by atoms with van der Waals surface area (Å²) >= 11 is 6.20. The molecule has 0 aliphatic heterocycles. The maximum atomic E-state index is 12.9. The average molecular weight is 554 g/mol. The number of nitrogens with zero attached hydrogens (tertiary/aromatic N) is 2. The van der Waals surface area contributed by atoms with Gasteiger partial charge in [0.05, 0.1) is 25.6 Å². The number of hydrogen-bond donors (Lipinski definition) is 1. The molecule has 0 saturated heterocycles. The molecule has 0 radical (unpaired) electrons. The normalized spacial score (nSPS) is 11.0. The first-order valence-corrected chi connectivity index (χ1v) is 13.6. The van der Waals surface area contributed by atoms with Crippen molar-refractivity contribution in [2.75, 3.05) is 20.8 Å². The van der Waals surface area contributed by atoms with Crippen LogP contribution in [0.15, 0.2) is 85.1 Å². The number of nitrogens with one attached hydrogen (secondary N) is 1. The molecule has 204 valence electrons. The minimum atomic E-state index is -0.000798. The summed E-state index contributed by atoms with van der Waals surface area (Å²) < 4.78 is 12.8. The number of benzene rings is 3. The topological polar surface area (TPSA) is 64.9 Å². The molecular formula is C33H32ClN3O3. The number of carbonyl (C=O) groups excluding carboxylic acids is 1. The SMILES string of the molecule is COc1ccc(CCNC(=O)CCc2c(-c3ccccc3)nc3ccc(-c4ccc(Cl)cc4C)cn23)cc1OC. The number of methoxy groups -OCH3 is 2. The van der Waals surface area contributed by atoms with Crippen molar-refractivity contribution < 1.29 is 14.3 Å². The number of fused-ring (bicyclic) bond motifs is 1. The lowest BCUT2D eigenvalue weighted by Gasteiger charge is -2.11. The summed E-state index contributed by atoms with van der Waals surface area (Å²) in [6.45, 7) is 2.59. The van der Waals surface area contributed by atoms with Gasteiger partial charge in [-0.05, 0) is 78.4 Å². The number of aryl methyl sites for hydroxylation is 2. The maximum Gasteiger partial charge on any atom is 0.220 e.